The summed E-state index contributed by atoms with van der Waals surface area (Å²) >= 11 is 34.9. The van der Waals surface area contributed by atoms with Gasteiger partial charge in [-0.25, -0.2) is 19.7 Å². The van der Waals surface area contributed by atoms with Crippen LogP contribution in [0.2, 0.25) is 0 Å². The molecule has 26 heavy (non-hydrogen) atoms. The second-order valence-corrected chi connectivity index (χ2v) is 9.16. The molecule has 0 atom stereocenters. The second-order valence-electron chi connectivity index (χ2n) is 4.60. The van der Waals surface area contributed by atoms with Crippen LogP contribution in [0.3, 0.4) is 0 Å². The largest absolute Gasteiger partial charge is 0.478 e. The predicted molar refractivity (Wildman–Crippen MR) is 108 cm³/mol. The smallest absolute Gasteiger partial charge is 0.328 e. The first kappa shape index (κ1) is 23.5. The van der Waals surface area contributed by atoms with Gasteiger partial charge in [-0.3, -0.25) is 0 Å². The van der Waals surface area contributed by atoms with Crippen LogP contribution in [0, 0.1) is 0 Å². The first-order valence-corrected chi connectivity index (χ1v) is 8.65. The van der Waals surface area contributed by atoms with Crippen molar-refractivity contribution >= 4 is 94.1 Å². The number of aliphatic carboxylic acids is 1. The Morgan fingerprint density at radius 2 is 1.35 bits per heavy atom. The molecule has 2 aromatic rings. The highest BCUT2D eigenvalue weighted by Gasteiger charge is 2.33. The highest BCUT2D eigenvalue weighted by molar-refractivity contribution is 6.67. The molecule has 0 saturated heterocycles. The summed E-state index contributed by atoms with van der Waals surface area (Å²) in [5, 5.41) is 8.63. The van der Waals surface area contributed by atoms with Crippen LogP contribution in [0.25, 0.3) is 17.5 Å². The van der Waals surface area contributed by atoms with Gasteiger partial charge in [0.05, 0.1) is 0 Å². The van der Waals surface area contributed by atoms with Gasteiger partial charge in [-0.2, -0.15) is 0 Å². The van der Waals surface area contributed by atoms with Crippen LogP contribution < -0.4 is 0 Å². The fourth-order valence-electron chi connectivity index (χ4n) is 1.67. The van der Waals surface area contributed by atoms with Gasteiger partial charge in [-0.05, 0) is 11.6 Å². The molecule has 0 bridgehead atoms. The van der Waals surface area contributed by atoms with Gasteiger partial charge >= 0.3 is 5.97 Å². The zero-order chi connectivity index (χ0) is 18.8. The SMILES string of the molecule is Cl.O=C(O)C=Cc1ccc(-c2nc(C(Cl)(Cl)Cl)nc(C(Cl)(Cl)Cl)n2)cc1. The van der Waals surface area contributed by atoms with Gasteiger partial charge in [0.2, 0.25) is 7.59 Å². The molecule has 0 unspecified atom stereocenters. The van der Waals surface area contributed by atoms with Gasteiger partial charge < -0.3 is 5.11 Å². The summed E-state index contributed by atoms with van der Waals surface area (Å²) < 4.78 is -3.88. The average molecular weight is 498 g/mol. The van der Waals surface area contributed by atoms with Crippen LogP contribution in [0.5, 0.6) is 0 Å². The molecule has 140 valence electrons. The van der Waals surface area contributed by atoms with E-state index in [0.717, 1.165) is 6.08 Å². The molecule has 0 aliphatic carbocycles. The first-order valence-electron chi connectivity index (χ1n) is 6.39. The van der Waals surface area contributed by atoms with Crippen LogP contribution >= 0.6 is 82.0 Å². The molecule has 0 aliphatic heterocycles. The summed E-state index contributed by atoms with van der Waals surface area (Å²) in [6.45, 7) is 0. The fraction of sp³-hybridized carbons (Fsp3) is 0.143. The maximum atomic E-state index is 10.5. The number of hydrogen-bond donors (Lipinski definition) is 1. The van der Waals surface area contributed by atoms with Crippen LogP contribution in [-0.4, -0.2) is 26.0 Å². The fourth-order valence-corrected chi connectivity index (χ4v) is 2.18. The zero-order valence-electron chi connectivity index (χ0n) is 12.3. The van der Waals surface area contributed by atoms with Crippen molar-refractivity contribution in [3.8, 4) is 11.4 Å². The second kappa shape index (κ2) is 9.11. The topological polar surface area (TPSA) is 76.0 Å². The quantitative estimate of drug-likeness (QED) is 0.433. The van der Waals surface area contributed by atoms with E-state index < -0.39 is 13.6 Å². The van der Waals surface area contributed by atoms with Crippen molar-refractivity contribution in [1.82, 2.24) is 15.0 Å². The van der Waals surface area contributed by atoms with Crippen LogP contribution in [0.1, 0.15) is 17.2 Å². The average Bonchev–Trinajstić information content (AvgIpc) is 2.51. The van der Waals surface area contributed by atoms with Crippen molar-refractivity contribution < 1.29 is 9.90 Å². The maximum Gasteiger partial charge on any atom is 0.328 e. The van der Waals surface area contributed by atoms with E-state index in [4.69, 9.17) is 74.7 Å². The molecule has 1 aromatic heterocycles. The van der Waals surface area contributed by atoms with Crippen molar-refractivity contribution in [1.29, 1.82) is 0 Å². The molecule has 2 rings (SSSR count). The standard InChI is InChI=1S/C14H7Cl6N3O2.ClH/c15-13(16,17)11-21-10(22-12(23-11)14(18,19)20)8-4-1-7(2-5-8)3-6-9(24)25;/h1-6H,(H,24,25);1H. The third-order valence-electron chi connectivity index (χ3n) is 2.73. The Morgan fingerprint density at radius 1 is 0.885 bits per heavy atom. The monoisotopic (exact) mass is 495 g/mol. The summed E-state index contributed by atoms with van der Waals surface area (Å²) in [6, 6.07) is 6.59. The number of halogens is 7. The third-order valence-corrected chi connectivity index (χ3v) is 3.74. The summed E-state index contributed by atoms with van der Waals surface area (Å²) in [7, 11) is 0. The molecule has 12 heteroatoms. The lowest BCUT2D eigenvalue weighted by Crippen LogP contribution is -2.16. The summed E-state index contributed by atoms with van der Waals surface area (Å²) in [6.07, 6.45) is 2.44. The zero-order valence-corrected chi connectivity index (χ0v) is 17.7. The normalized spacial score (nSPS) is 12.1. The molecular weight excluding hydrogens is 490 g/mol. The third kappa shape index (κ3) is 6.57. The molecule has 0 radical (unpaired) electrons. The number of alkyl halides is 6. The minimum atomic E-state index is -1.94. The Hall–Kier alpha value is -0.530. The number of nitrogens with zero attached hydrogens (tertiary/aromatic N) is 3. The number of hydrogen-bond acceptors (Lipinski definition) is 4. The van der Waals surface area contributed by atoms with Crippen LogP contribution in [0.4, 0.5) is 0 Å². The van der Waals surface area contributed by atoms with Crippen molar-refractivity contribution in [2.24, 2.45) is 0 Å². The van der Waals surface area contributed by atoms with E-state index in [-0.39, 0.29) is 29.9 Å². The molecule has 0 fully saturated rings. The predicted octanol–water partition coefficient (Wildman–Crippen LogP) is 5.71. The van der Waals surface area contributed by atoms with Crippen molar-refractivity contribution in [2.75, 3.05) is 0 Å². The molecule has 1 heterocycles. The lowest BCUT2D eigenvalue weighted by molar-refractivity contribution is -0.131. The maximum absolute atomic E-state index is 10.5. The number of aromatic nitrogens is 3. The molecule has 1 N–H and O–H groups in total. The van der Waals surface area contributed by atoms with E-state index in [1.807, 2.05) is 0 Å². The molecule has 0 aliphatic rings. The van der Waals surface area contributed by atoms with E-state index in [0.29, 0.717) is 11.1 Å². The Labute approximate surface area is 184 Å². The summed E-state index contributed by atoms with van der Waals surface area (Å²) in [5.41, 5.74) is 1.18. The highest BCUT2D eigenvalue weighted by atomic mass is 35.6. The molecule has 0 saturated carbocycles. The molecule has 5 nitrogen and oxygen atoms in total. The Bertz CT molecular complexity index is 783. The number of carboxylic acids is 1. The minimum absolute atomic E-state index is 0. The van der Waals surface area contributed by atoms with E-state index >= 15 is 0 Å². The Morgan fingerprint density at radius 3 is 1.73 bits per heavy atom. The highest BCUT2D eigenvalue weighted by Crippen LogP contribution is 2.40. The van der Waals surface area contributed by atoms with Gasteiger partial charge in [0.25, 0.3) is 0 Å². The molecule has 0 amide bonds. The van der Waals surface area contributed by atoms with Gasteiger partial charge in [-0.15, -0.1) is 12.4 Å². The lowest BCUT2D eigenvalue weighted by Gasteiger charge is -2.15. The van der Waals surface area contributed by atoms with Crippen molar-refractivity contribution in [2.45, 2.75) is 7.59 Å². The Balaban J connectivity index is 0.00000338. The lowest BCUT2D eigenvalue weighted by atomic mass is 10.1. The molecule has 0 spiro atoms. The number of rotatable bonds is 3. The summed E-state index contributed by atoms with van der Waals surface area (Å²) in [5.74, 6) is -1.31. The van der Waals surface area contributed by atoms with Gasteiger partial charge in [0, 0.05) is 11.6 Å². The van der Waals surface area contributed by atoms with E-state index in [1.165, 1.54) is 6.08 Å². The van der Waals surface area contributed by atoms with Crippen molar-refractivity contribution in [3.63, 3.8) is 0 Å². The number of carboxylic acid groups (broad SMARTS) is 1. The number of carbonyl (C=O) groups is 1. The number of benzene rings is 1. The molecular formula is C14H8Cl7N3O2. The minimum Gasteiger partial charge on any atom is -0.478 e. The van der Waals surface area contributed by atoms with E-state index in [2.05, 4.69) is 15.0 Å². The van der Waals surface area contributed by atoms with Crippen molar-refractivity contribution in [3.05, 3.63) is 47.6 Å². The van der Waals surface area contributed by atoms with Crippen LogP contribution in [0.15, 0.2) is 30.3 Å². The van der Waals surface area contributed by atoms with E-state index in [9.17, 15) is 4.79 Å². The van der Waals surface area contributed by atoms with Gasteiger partial charge in [-0.1, -0.05) is 93.9 Å². The van der Waals surface area contributed by atoms with Crippen LogP contribution in [-0.2, 0) is 12.4 Å². The van der Waals surface area contributed by atoms with Gasteiger partial charge in [0.1, 0.15) is 0 Å². The summed E-state index contributed by atoms with van der Waals surface area (Å²) in [4.78, 5) is 22.6. The Kier molecular flexibility index (Phi) is 8.24. The van der Waals surface area contributed by atoms with E-state index in [1.54, 1.807) is 24.3 Å². The molecule has 1 aromatic carbocycles. The first-order chi connectivity index (χ1) is 11.5. The van der Waals surface area contributed by atoms with Gasteiger partial charge in [0.15, 0.2) is 17.5 Å².